The number of hydrogen-bond acceptors (Lipinski definition) is 2. The first-order valence-corrected chi connectivity index (χ1v) is 7.49. The van der Waals surface area contributed by atoms with Crippen LogP contribution in [0.4, 0.5) is 0 Å². The highest BCUT2D eigenvalue weighted by Crippen LogP contribution is 2.35. The fourth-order valence-electron chi connectivity index (χ4n) is 2.13. The van der Waals surface area contributed by atoms with Gasteiger partial charge in [0.15, 0.2) is 0 Å². The summed E-state index contributed by atoms with van der Waals surface area (Å²) in [6, 6.07) is 8.09. The van der Waals surface area contributed by atoms with E-state index in [1.54, 1.807) is 0 Å². The van der Waals surface area contributed by atoms with Crippen molar-refractivity contribution in [1.29, 1.82) is 0 Å². The molecule has 1 aromatic rings. The molecular weight excluding hydrogens is 328 g/mol. The lowest BCUT2D eigenvalue weighted by atomic mass is 9.91. The van der Waals surface area contributed by atoms with E-state index in [1.165, 1.54) is 12.7 Å². The molecule has 0 aromatic heterocycles. The van der Waals surface area contributed by atoms with Crippen LogP contribution in [0.2, 0.25) is 0 Å². The normalized spacial score (nSPS) is 15.2. The van der Waals surface area contributed by atoms with Crippen molar-refractivity contribution in [3.63, 3.8) is 0 Å². The third-order valence-electron chi connectivity index (χ3n) is 3.14. The van der Waals surface area contributed by atoms with E-state index in [0.29, 0.717) is 10.9 Å². The largest absolute Gasteiger partial charge is 0.466 e. The van der Waals surface area contributed by atoms with E-state index in [0.717, 1.165) is 29.0 Å². The van der Waals surface area contributed by atoms with Gasteiger partial charge < -0.3 is 4.74 Å². The number of carbonyl (C=O) groups is 1. The van der Waals surface area contributed by atoms with Gasteiger partial charge in [-0.3, -0.25) is 0 Å². The van der Waals surface area contributed by atoms with Gasteiger partial charge in [-0.15, -0.1) is 0 Å². The lowest BCUT2D eigenvalue weighted by Crippen LogP contribution is -2.08. The molecule has 0 saturated heterocycles. The first-order valence-electron chi connectivity index (χ1n) is 5.99. The number of rotatable bonds is 3. The number of alkyl halides is 1. The molecule has 1 aliphatic carbocycles. The van der Waals surface area contributed by atoms with Crippen molar-refractivity contribution in [1.82, 2.24) is 0 Å². The van der Waals surface area contributed by atoms with Gasteiger partial charge in [0.25, 0.3) is 0 Å². The summed E-state index contributed by atoms with van der Waals surface area (Å²) in [7, 11) is 1.38. The molecule has 0 fully saturated rings. The van der Waals surface area contributed by atoms with Gasteiger partial charge >= 0.3 is 5.97 Å². The number of fused-ring (bicyclic) bond motifs is 1. The summed E-state index contributed by atoms with van der Waals surface area (Å²) >= 11 is 9.73. The van der Waals surface area contributed by atoms with Crippen LogP contribution in [0.1, 0.15) is 17.5 Å². The van der Waals surface area contributed by atoms with Gasteiger partial charge in [0, 0.05) is 10.9 Å². The Morgan fingerprint density at radius 1 is 1.42 bits per heavy atom. The fourth-order valence-corrected chi connectivity index (χ4v) is 2.86. The summed E-state index contributed by atoms with van der Waals surface area (Å²) in [4.78, 5) is 11.6. The zero-order chi connectivity index (χ0) is 13.8. The molecule has 19 heavy (non-hydrogen) atoms. The number of carbonyl (C=O) groups excluding carboxylic acids is 1. The van der Waals surface area contributed by atoms with Gasteiger partial charge in [0.05, 0.1) is 12.1 Å². The van der Waals surface area contributed by atoms with Gasteiger partial charge in [-0.25, -0.2) is 4.79 Å². The topological polar surface area (TPSA) is 26.3 Å². The van der Waals surface area contributed by atoms with Crippen molar-refractivity contribution in [3.8, 4) is 0 Å². The van der Waals surface area contributed by atoms with Gasteiger partial charge in [0.2, 0.25) is 0 Å². The van der Waals surface area contributed by atoms with Crippen LogP contribution in [0.5, 0.6) is 0 Å². The molecule has 2 rings (SSSR count). The van der Waals surface area contributed by atoms with Crippen LogP contribution in [0, 0.1) is 0 Å². The van der Waals surface area contributed by atoms with Gasteiger partial charge in [-0.1, -0.05) is 51.8 Å². The van der Waals surface area contributed by atoms with Crippen LogP contribution in [-0.4, -0.2) is 18.4 Å². The quantitative estimate of drug-likeness (QED) is 0.470. The Morgan fingerprint density at radius 3 is 2.84 bits per heavy atom. The Morgan fingerprint density at radius 2 is 2.16 bits per heavy atom. The predicted molar refractivity (Wildman–Crippen MR) is 81.4 cm³/mol. The van der Waals surface area contributed by atoms with E-state index >= 15 is 0 Å². The zero-order valence-electron chi connectivity index (χ0n) is 10.6. The fraction of sp³-hybridized carbons (Fsp3) is 0.267. The summed E-state index contributed by atoms with van der Waals surface area (Å²) in [5, 5.41) is 1.18. The monoisotopic (exact) mass is 340 g/mol. The number of esters is 1. The average Bonchev–Trinajstić information content (AvgIpc) is 2.46. The molecule has 0 unspecified atom stereocenters. The van der Waals surface area contributed by atoms with Crippen LogP contribution in [0.15, 0.2) is 41.5 Å². The molecule has 100 valence electrons. The van der Waals surface area contributed by atoms with Crippen molar-refractivity contribution in [2.24, 2.45) is 0 Å². The van der Waals surface area contributed by atoms with Crippen molar-refractivity contribution in [2.75, 3.05) is 12.4 Å². The third kappa shape index (κ3) is 3.10. The molecule has 0 atom stereocenters. The Kier molecular flexibility index (Phi) is 4.83. The summed E-state index contributed by atoms with van der Waals surface area (Å²) in [5.41, 5.74) is 3.87. The maximum absolute atomic E-state index is 11.6. The molecule has 0 heterocycles. The highest BCUT2D eigenvalue weighted by Gasteiger charge is 2.17. The first kappa shape index (κ1) is 14.4. The first-order chi connectivity index (χ1) is 9.17. The molecule has 1 aliphatic rings. The lowest BCUT2D eigenvalue weighted by molar-refractivity contribution is -0.135. The molecule has 0 N–H and O–H groups in total. The van der Waals surface area contributed by atoms with Gasteiger partial charge in [-0.2, -0.15) is 0 Å². The maximum atomic E-state index is 11.6. The van der Waals surface area contributed by atoms with Gasteiger partial charge in [-0.05, 0) is 35.6 Å². The highest BCUT2D eigenvalue weighted by molar-refractivity contribution is 9.09. The number of halogens is 2. The van der Waals surface area contributed by atoms with Gasteiger partial charge in [0.1, 0.15) is 0 Å². The van der Waals surface area contributed by atoms with E-state index in [4.69, 9.17) is 16.3 Å². The Labute approximate surface area is 126 Å². The number of methoxy groups -OCH3 is 1. The van der Waals surface area contributed by atoms with E-state index in [2.05, 4.69) is 22.0 Å². The maximum Gasteiger partial charge on any atom is 0.334 e. The molecule has 0 bridgehead atoms. The van der Waals surface area contributed by atoms with Crippen molar-refractivity contribution < 1.29 is 9.53 Å². The summed E-state index contributed by atoms with van der Waals surface area (Å²) in [6.45, 7) is 0. The number of ether oxygens (including phenoxy) is 1. The Hall–Kier alpha value is -1.06. The van der Waals surface area contributed by atoms with E-state index < -0.39 is 0 Å². The minimum atomic E-state index is -0.326. The van der Waals surface area contributed by atoms with Crippen molar-refractivity contribution >= 4 is 38.5 Å². The number of aryl methyl sites for hydroxylation is 1. The second-order valence-electron chi connectivity index (χ2n) is 4.29. The number of hydrogen-bond donors (Lipinski definition) is 0. The summed E-state index contributed by atoms with van der Waals surface area (Å²) < 4.78 is 4.75. The Balaban J connectivity index is 2.41. The second-order valence-corrected chi connectivity index (χ2v) is 5.23. The summed E-state index contributed by atoms with van der Waals surface area (Å²) in [6.07, 6.45) is 3.61. The number of benzene rings is 1. The van der Waals surface area contributed by atoms with E-state index in [-0.39, 0.29) is 5.97 Å². The predicted octanol–water partition coefficient (Wildman–Crippen LogP) is 4.08. The van der Waals surface area contributed by atoms with Crippen molar-refractivity contribution in [2.45, 2.75) is 12.8 Å². The molecule has 0 spiro atoms. The molecule has 0 aliphatic heterocycles. The average molecular weight is 342 g/mol. The molecular formula is C15H14BrClO2. The SMILES string of the molecule is COC(=O)/C(=C/C1=C(Cl)c2ccccc2CC1)CBr. The van der Waals surface area contributed by atoms with Crippen LogP contribution in [-0.2, 0) is 16.0 Å². The third-order valence-corrected chi connectivity index (χ3v) is 4.19. The number of allylic oxidation sites excluding steroid dienone is 2. The van der Waals surface area contributed by atoms with Crippen LogP contribution >= 0.6 is 27.5 Å². The minimum Gasteiger partial charge on any atom is -0.466 e. The molecule has 0 amide bonds. The zero-order valence-corrected chi connectivity index (χ0v) is 12.9. The van der Waals surface area contributed by atoms with Crippen molar-refractivity contribution in [3.05, 3.63) is 52.6 Å². The smallest absolute Gasteiger partial charge is 0.334 e. The standard InChI is InChI=1S/C15H14BrClO2/c1-19-15(18)12(9-16)8-11-7-6-10-4-2-3-5-13(10)14(11)17/h2-5,8H,6-7,9H2,1H3/b12-8+. The molecule has 4 heteroatoms. The Bertz CT molecular complexity index is 561. The van der Waals surface area contributed by atoms with E-state index in [1.807, 2.05) is 24.3 Å². The highest BCUT2D eigenvalue weighted by atomic mass is 79.9. The van der Waals surface area contributed by atoms with Crippen LogP contribution in [0.25, 0.3) is 5.03 Å². The van der Waals surface area contributed by atoms with Crippen LogP contribution in [0.3, 0.4) is 0 Å². The minimum absolute atomic E-state index is 0.326. The lowest BCUT2D eigenvalue weighted by Gasteiger charge is -2.18. The molecule has 0 saturated carbocycles. The molecule has 2 nitrogen and oxygen atoms in total. The molecule has 1 aromatic carbocycles. The van der Waals surface area contributed by atoms with E-state index in [9.17, 15) is 4.79 Å². The second kappa shape index (κ2) is 6.40. The van der Waals surface area contributed by atoms with Crippen LogP contribution < -0.4 is 0 Å². The summed E-state index contributed by atoms with van der Waals surface area (Å²) in [5.74, 6) is -0.326. The molecule has 0 radical (unpaired) electrons.